The van der Waals surface area contributed by atoms with Crippen LogP contribution in [0.2, 0.25) is 0 Å². The smallest absolute Gasteiger partial charge is 0.264 e. The fourth-order valence-corrected chi connectivity index (χ4v) is 10.7. The maximum absolute atomic E-state index is 14.6. The van der Waals surface area contributed by atoms with Crippen LogP contribution in [0.1, 0.15) is 96.8 Å². The number of alkyl halides is 2. The van der Waals surface area contributed by atoms with Gasteiger partial charge in [-0.15, -0.1) is 0 Å². The molecule has 17 heteroatoms. The van der Waals surface area contributed by atoms with E-state index >= 15 is 0 Å². The molecule has 4 N–H and O–H groups in total. The lowest BCUT2D eigenvalue weighted by Crippen LogP contribution is -2.52. The predicted octanol–water partition coefficient (Wildman–Crippen LogP) is 4.60. The van der Waals surface area contributed by atoms with Gasteiger partial charge in [-0.1, -0.05) is 12.1 Å². The molecule has 3 fully saturated rings. The molecule has 1 aromatic heterocycles. The predicted molar refractivity (Wildman–Crippen MR) is 241 cm³/mol. The highest BCUT2D eigenvalue weighted by Gasteiger charge is 2.40. The van der Waals surface area contributed by atoms with Gasteiger partial charge in [-0.25, -0.2) is 8.78 Å². The van der Waals surface area contributed by atoms with Crippen LogP contribution < -0.4 is 16.0 Å². The number of carbonyl (C=O) groups excluding carboxylic acids is 4. The third-order valence-corrected chi connectivity index (χ3v) is 14.4. The lowest BCUT2D eigenvalue weighted by atomic mass is 9.75. The second-order valence-electron chi connectivity index (χ2n) is 18.5. The van der Waals surface area contributed by atoms with E-state index in [1.54, 1.807) is 53.0 Å². The Morgan fingerprint density at radius 2 is 1.80 bits per heavy atom. The number of likely N-dealkylation sites (tertiary alicyclic amines) is 1. The van der Waals surface area contributed by atoms with E-state index in [1.807, 2.05) is 18.2 Å². The van der Waals surface area contributed by atoms with Gasteiger partial charge in [0.2, 0.25) is 17.7 Å². The van der Waals surface area contributed by atoms with Crippen molar-refractivity contribution in [2.45, 2.75) is 95.4 Å². The summed E-state index contributed by atoms with van der Waals surface area (Å²) in [5.41, 5.74) is 7.43. The number of nitrogens with one attached hydrogen (secondary N) is 4. The third-order valence-electron chi connectivity index (χ3n) is 14.4. The Morgan fingerprint density at radius 1 is 0.985 bits per heavy atom. The van der Waals surface area contributed by atoms with Gasteiger partial charge in [-0.2, -0.15) is 5.10 Å². The molecule has 15 nitrogen and oxygen atoms in total. The standard InChI is InChI=1S/C48H60F2N10O5/c1-29(61)59-16-13-42(40(27-59)45(51)34-6-3-5-30-21-36(31-23-53-56(2)25-31)38(46(49)50)22-37(30)34)54-32-11-14-57(15-12-32)17-18-58-19-20-65-33(26-58)24-52-41-8-4-7-35-39(41)28-60(48(35)64)43-9-10-44(62)55-47(43)63/h4,7-8,21-23,25,32-34,43,46,51-52,54H,3,5-6,9-20,24,26-28H2,1-2H3,(H,55,62,63). The molecule has 3 aromatic rings. The van der Waals surface area contributed by atoms with Crippen LogP contribution in [0.5, 0.6) is 0 Å². The summed E-state index contributed by atoms with van der Waals surface area (Å²) in [5.74, 6) is -1.29. The summed E-state index contributed by atoms with van der Waals surface area (Å²) in [4.78, 5) is 58.5. The van der Waals surface area contributed by atoms with Crippen molar-refractivity contribution in [2.75, 3.05) is 70.8 Å². The van der Waals surface area contributed by atoms with E-state index in [4.69, 9.17) is 4.74 Å². The van der Waals surface area contributed by atoms with Gasteiger partial charge < -0.3 is 35.5 Å². The van der Waals surface area contributed by atoms with E-state index in [0.29, 0.717) is 74.5 Å². The molecule has 6 heterocycles. The molecule has 0 saturated carbocycles. The molecule has 9 rings (SSSR count). The van der Waals surface area contributed by atoms with Crippen LogP contribution in [0, 0.1) is 5.41 Å². The molecule has 0 spiro atoms. The average Bonchev–Trinajstić information content (AvgIpc) is 3.89. The summed E-state index contributed by atoms with van der Waals surface area (Å²) in [6.45, 7) is 9.36. The molecule has 3 saturated heterocycles. The Labute approximate surface area is 378 Å². The molecule has 65 heavy (non-hydrogen) atoms. The van der Waals surface area contributed by atoms with Gasteiger partial charge in [-0.3, -0.25) is 34.1 Å². The Bertz CT molecular complexity index is 2380. The molecule has 3 unspecified atom stereocenters. The van der Waals surface area contributed by atoms with Crippen molar-refractivity contribution in [3.8, 4) is 11.1 Å². The zero-order chi connectivity index (χ0) is 45.4. The summed E-state index contributed by atoms with van der Waals surface area (Å²) in [5, 5.41) is 23.6. The summed E-state index contributed by atoms with van der Waals surface area (Å²) in [6.07, 6.45) is 6.02. The fraction of sp³-hybridized carbons (Fsp3) is 0.542. The number of nitrogens with zero attached hydrogens (tertiary/aromatic N) is 6. The van der Waals surface area contributed by atoms with Gasteiger partial charge in [0.25, 0.3) is 12.3 Å². The van der Waals surface area contributed by atoms with Gasteiger partial charge in [-0.05, 0) is 73.4 Å². The Hall–Kier alpha value is -5.52. The van der Waals surface area contributed by atoms with E-state index in [-0.39, 0.29) is 47.8 Å². The number of hydrogen-bond acceptors (Lipinski definition) is 11. The van der Waals surface area contributed by atoms with E-state index in [0.717, 1.165) is 98.6 Å². The lowest BCUT2D eigenvalue weighted by molar-refractivity contribution is -0.137. The SMILES string of the molecule is CC(=O)N1CCC(NC2CCN(CCN3CCOC(CNc4cccc5c4CN(C4CCC(=O)NC4=O)C5=O)C3)CC2)=C(C(=N)C2CCCc3cc(-c4cnn(C)c4)c(C(F)F)cc32)C1. The number of aryl methyl sites for hydroxylation is 2. The van der Waals surface area contributed by atoms with Crippen molar-refractivity contribution in [1.82, 2.24) is 40.0 Å². The molecule has 3 atom stereocenters. The number of fused-ring (bicyclic) bond motifs is 2. The normalized spacial score (nSPS) is 23.5. The highest BCUT2D eigenvalue weighted by molar-refractivity contribution is 6.06. The van der Waals surface area contributed by atoms with Crippen molar-refractivity contribution in [3.05, 3.63) is 81.8 Å². The monoisotopic (exact) mass is 894 g/mol. The summed E-state index contributed by atoms with van der Waals surface area (Å²) in [6, 6.07) is 8.68. The second kappa shape index (κ2) is 19.1. The average molecular weight is 895 g/mol. The number of halogens is 2. The van der Waals surface area contributed by atoms with Crippen molar-refractivity contribution < 1.29 is 32.7 Å². The minimum atomic E-state index is -2.68. The lowest BCUT2D eigenvalue weighted by Gasteiger charge is -2.39. The minimum Gasteiger partial charge on any atom is -0.385 e. The first-order valence-corrected chi connectivity index (χ1v) is 23.2. The van der Waals surface area contributed by atoms with Crippen molar-refractivity contribution >= 4 is 35.0 Å². The van der Waals surface area contributed by atoms with Crippen LogP contribution in [0.25, 0.3) is 11.1 Å². The quantitative estimate of drug-likeness (QED) is 0.141. The number of benzene rings is 2. The van der Waals surface area contributed by atoms with Crippen LogP contribution in [0.4, 0.5) is 14.5 Å². The summed E-state index contributed by atoms with van der Waals surface area (Å²) in [7, 11) is 1.77. The van der Waals surface area contributed by atoms with Gasteiger partial charge >= 0.3 is 0 Å². The molecular weight excluding hydrogens is 835 g/mol. The largest absolute Gasteiger partial charge is 0.385 e. The van der Waals surface area contributed by atoms with E-state index in [1.165, 1.54) is 0 Å². The Morgan fingerprint density at radius 3 is 2.55 bits per heavy atom. The van der Waals surface area contributed by atoms with Crippen molar-refractivity contribution in [1.29, 1.82) is 5.41 Å². The highest BCUT2D eigenvalue weighted by Crippen LogP contribution is 2.42. The maximum atomic E-state index is 14.6. The third kappa shape index (κ3) is 9.59. The molecule has 4 amide bonds. The number of hydrogen-bond donors (Lipinski definition) is 4. The number of amides is 4. The van der Waals surface area contributed by atoms with Crippen molar-refractivity contribution in [3.63, 3.8) is 0 Å². The van der Waals surface area contributed by atoms with Crippen LogP contribution in [-0.4, -0.2) is 142 Å². The van der Waals surface area contributed by atoms with Gasteiger partial charge in [0.05, 0.1) is 18.9 Å². The van der Waals surface area contributed by atoms with Gasteiger partial charge in [0.15, 0.2) is 0 Å². The minimum absolute atomic E-state index is 0.0345. The van der Waals surface area contributed by atoms with Crippen LogP contribution in [0.3, 0.4) is 0 Å². The zero-order valence-corrected chi connectivity index (χ0v) is 37.3. The van der Waals surface area contributed by atoms with Crippen molar-refractivity contribution in [2.24, 2.45) is 7.05 Å². The number of imide groups is 1. The van der Waals surface area contributed by atoms with Crippen LogP contribution in [0.15, 0.2) is 54.0 Å². The highest BCUT2D eigenvalue weighted by atomic mass is 19.3. The number of morpholine rings is 1. The molecule has 6 aliphatic rings. The number of carbonyl (C=O) groups is 4. The van der Waals surface area contributed by atoms with E-state index < -0.39 is 18.4 Å². The first kappa shape index (κ1) is 44.7. The number of piperidine rings is 2. The van der Waals surface area contributed by atoms with E-state index in [9.17, 15) is 33.4 Å². The molecular formula is C48H60F2N10O5. The first-order valence-electron chi connectivity index (χ1n) is 23.2. The molecule has 0 bridgehead atoms. The molecule has 1 aliphatic carbocycles. The molecule has 346 valence electrons. The Kier molecular flexibility index (Phi) is 13.2. The van der Waals surface area contributed by atoms with Crippen LogP contribution in [-0.2, 0) is 39.1 Å². The topological polar surface area (TPSA) is 168 Å². The fourth-order valence-electron chi connectivity index (χ4n) is 10.7. The first-order chi connectivity index (χ1) is 31.4. The molecule has 5 aliphatic heterocycles. The maximum Gasteiger partial charge on any atom is 0.264 e. The zero-order valence-electron chi connectivity index (χ0n) is 37.3. The van der Waals surface area contributed by atoms with Gasteiger partial charge in [0.1, 0.15) is 6.04 Å². The van der Waals surface area contributed by atoms with Crippen LogP contribution >= 0.6 is 0 Å². The number of anilines is 1. The second-order valence-corrected chi connectivity index (χ2v) is 18.5. The Balaban J connectivity index is 0.787. The van der Waals surface area contributed by atoms with E-state index in [2.05, 4.69) is 30.8 Å². The molecule has 0 radical (unpaired) electrons. The molecule has 2 aromatic carbocycles. The summed E-state index contributed by atoms with van der Waals surface area (Å²) < 4.78 is 37.0. The number of rotatable bonds is 13. The summed E-state index contributed by atoms with van der Waals surface area (Å²) >= 11 is 0. The number of ether oxygens (including phenoxy) is 1. The van der Waals surface area contributed by atoms with Gasteiger partial charge in [0, 0.05) is 155 Å². The number of aromatic nitrogens is 2.